The van der Waals surface area contributed by atoms with Gasteiger partial charge in [-0.25, -0.2) is 0 Å². The second kappa shape index (κ2) is 4.43. The van der Waals surface area contributed by atoms with E-state index in [-0.39, 0.29) is 0 Å². The normalized spacial score (nSPS) is 22.9. The minimum Gasteiger partial charge on any atom is -0.384 e. The van der Waals surface area contributed by atoms with E-state index in [9.17, 15) is 0 Å². The van der Waals surface area contributed by atoms with Crippen molar-refractivity contribution in [3.8, 4) is 0 Å². The van der Waals surface area contributed by atoms with E-state index in [1.165, 1.54) is 12.8 Å². The van der Waals surface area contributed by atoms with Crippen LogP contribution in [0.4, 0.5) is 0 Å². The molecule has 0 heterocycles. The highest BCUT2D eigenvalue weighted by Crippen LogP contribution is 2.42. The van der Waals surface area contributed by atoms with Gasteiger partial charge in [0, 0.05) is 19.0 Å². The predicted molar refractivity (Wildman–Crippen MR) is 55.6 cm³/mol. The van der Waals surface area contributed by atoms with Gasteiger partial charge >= 0.3 is 0 Å². The molecular formula is C10H17BrO. The number of hydrogen-bond donors (Lipinski definition) is 0. The molecule has 2 heteroatoms. The van der Waals surface area contributed by atoms with E-state index in [1.807, 2.05) is 0 Å². The molecule has 0 saturated heterocycles. The first-order valence-electron chi connectivity index (χ1n) is 4.45. The Hall–Kier alpha value is 0.180. The Morgan fingerprint density at radius 3 is 2.50 bits per heavy atom. The van der Waals surface area contributed by atoms with Crippen molar-refractivity contribution in [2.24, 2.45) is 11.3 Å². The zero-order valence-electron chi connectivity index (χ0n) is 7.85. The fraction of sp³-hybridized carbons (Fsp3) is 0.800. The maximum Gasteiger partial charge on any atom is 0.0493 e. The van der Waals surface area contributed by atoms with Crippen LogP contribution in [0.25, 0.3) is 0 Å². The summed E-state index contributed by atoms with van der Waals surface area (Å²) in [7, 11) is 1.78. The van der Waals surface area contributed by atoms with Crippen molar-refractivity contribution in [1.82, 2.24) is 0 Å². The average molecular weight is 233 g/mol. The maximum atomic E-state index is 5.19. The molecule has 0 fully saturated rings. The lowest BCUT2D eigenvalue weighted by atomic mass is 9.76. The molecule has 1 aliphatic carbocycles. The number of allylic oxidation sites excluding steroid dienone is 2. The molecule has 1 atom stereocenters. The van der Waals surface area contributed by atoms with Crippen LogP contribution < -0.4 is 0 Å². The van der Waals surface area contributed by atoms with Gasteiger partial charge in [0.1, 0.15) is 0 Å². The van der Waals surface area contributed by atoms with Crippen LogP contribution in [0.1, 0.15) is 19.8 Å². The number of ether oxygens (including phenoxy) is 1. The third-order valence-electron chi connectivity index (χ3n) is 2.94. The molecule has 0 radical (unpaired) electrons. The average Bonchev–Trinajstić information content (AvgIpc) is 2.54. The molecule has 70 valence electrons. The van der Waals surface area contributed by atoms with Gasteiger partial charge in [0.15, 0.2) is 0 Å². The molecule has 0 aromatic rings. The lowest BCUT2D eigenvalue weighted by molar-refractivity contribution is 0.0916. The van der Waals surface area contributed by atoms with Crippen LogP contribution >= 0.6 is 15.9 Å². The molecular weight excluding hydrogens is 216 g/mol. The van der Waals surface area contributed by atoms with Crippen molar-refractivity contribution in [1.29, 1.82) is 0 Å². The van der Waals surface area contributed by atoms with Crippen LogP contribution in [-0.2, 0) is 4.74 Å². The highest BCUT2D eigenvalue weighted by molar-refractivity contribution is 9.09. The Balaban J connectivity index is 2.54. The summed E-state index contributed by atoms with van der Waals surface area (Å²) in [6.07, 6.45) is 6.96. The van der Waals surface area contributed by atoms with Gasteiger partial charge in [0.05, 0.1) is 0 Å². The third-order valence-corrected chi connectivity index (χ3v) is 4.06. The van der Waals surface area contributed by atoms with Crippen LogP contribution in [0.3, 0.4) is 0 Å². The number of halogens is 1. The topological polar surface area (TPSA) is 9.23 Å². The smallest absolute Gasteiger partial charge is 0.0493 e. The van der Waals surface area contributed by atoms with Gasteiger partial charge in [-0.3, -0.25) is 0 Å². The third kappa shape index (κ3) is 1.91. The molecule has 0 amide bonds. The Bertz CT molecular complexity index is 157. The Morgan fingerprint density at radius 2 is 2.08 bits per heavy atom. The Morgan fingerprint density at radius 1 is 1.50 bits per heavy atom. The summed E-state index contributed by atoms with van der Waals surface area (Å²) in [5.41, 5.74) is 0.427. The molecule has 0 spiro atoms. The summed E-state index contributed by atoms with van der Waals surface area (Å²) in [4.78, 5) is 0. The Labute approximate surface area is 83.3 Å². The molecule has 0 N–H and O–H groups in total. The van der Waals surface area contributed by atoms with Crippen LogP contribution in [0.2, 0.25) is 0 Å². The lowest BCUT2D eigenvalue weighted by Crippen LogP contribution is -2.30. The van der Waals surface area contributed by atoms with Crippen molar-refractivity contribution < 1.29 is 4.74 Å². The molecule has 12 heavy (non-hydrogen) atoms. The van der Waals surface area contributed by atoms with Crippen molar-refractivity contribution in [3.05, 3.63) is 12.2 Å². The van der Waals surface area contributed by atoms with E-state index in [0.29, 0.717) is 11.3 Å². The van der Waals surface area contributed by atoms with E-state index < -0.39 is 0 Å². The van der Waals surface area contributed by atoms with Gasteiger partial charge in [-0.1, -0.05) is 35.0 Å². The number of methoxy groups -OCH3 is 1. The van der Waals surface area contributed by atoms with Crippen LogP contribution in [-0.4, -0.2) is 19.0 Å². The van der Waals surface area contributed by atoms with Gasteiger partial charge in [0.2, 0.25) is 0 Å². The predicted octanol–water partition coefficient (Wildman–Crippen LogP) is 3.00. The molecule has 1 nitrogen and oxygen atoms in total. The second-order valence-corrected chi connectivity index (χ2v) is 4.29. The summed E-state index contributed by atoms with van der Waals surface area (Å²) in [5, 5.41) is 1.08. The lowest BCUT2D eigenvalue weighted by Gasteiger charge is -2.33. The van der Waals surface area contributed by atoms with Gasteiger partial charge in [-0.05, 0) is 24.2 Å². The molecule has 0 saturated carbocycles. The molecule has 1 unspecified atom stereocenters. The molecule has 0 aliphatic heterocycles. The van der Waals surface area contributed by atoms with E-state index in [4.69, 9.17) is 4.74 Å². The summed E-state index contributed by atoms with van der Waals surface area (Å²) in [5.74, 6) is 0.636. The first-order valence-corrected chi connectivity index (χ1v) is 5.57. The quantitative estimate of drug-likeness (QED) is 0.535. The number of hydrogen-bond acceptors (Lipinski definition) is 1. The fourth-order valence-electron chi connectivity index (χ4n) is 1.79. The van der Waals surface area contributed by atoms with Crippen molar-refractivity contribution in [2.75, 3.05) is 19.0 Å². The van der Waals surface area contributed by atoms with Crippen LogP contribution in [0.15, 0.2) is 12.2 Å². The summed E-state index contributed by atoms with van der Waals surface area (Å²) < 4.78 is 5.19. The largest absolute Gasteiger partial charge is 0.384 e. The molecule has 1 aliphatic rings. The van der Waals surface area contributed by atoms with Gasteiger partial charge in [-0.2, -0.15) is 0 Å². The zero-order chi connectivity index (χ0) is 9.03. The Kier molecular flexibility index (Phi) is 3.78. The number of rotatable bonds is 4. The van der Waals surface area contributed by atoms with Gasteiger partial charge < -0.3 is 4.74 Å². The number of alkyl halides is 1. The highest BCUT2D eigenvalue weighted by Gasteiger charge is 2.35. The zero-order valence-corrected chi connectivity index (χ0v) is 9.43. The summed E-state index contributed by atoms with van der Waals surface area (Å²) in [6, 6.07) is 0. The first-order chi connectivity index (χ1) is 5.75. The SMILES string of the molecule is COCC(C)C1(CBr)CC=CC1. The fourth-order valence-corrected chi connectivity index (χ4v) is 2.80. The maximum absolute atomic E-state index is 5.19. The molecule has 0 bridgehead atoms. The first kappa shape index (κ1) is 10.3. The van der Waals surface area contributed by atoms with E-state index in [1.54, 1.807) is 7.11 Å². The van der Waals surface area contributed by atoms with Crippen LogP contribution in [0.5, 0.6) is 0 Å². The minimum atomic E-state index is 0.427. The molecule has 0 aromatic carbocycles. The second-order valence-electron chi connectivity index (χ2n) is 3.73. The van der Waals surface area contributed by atoms with Crippen molar-refractivity contribution in [3.63, 3.8) is 0 Å². The summed E-state index contributed by atoms with van der Waals surface area (Å²) >= 11 is 3.61. The summed E-state index contributed by atoms with van der Waals surface area (Å²) in [6.45, 7) is 3.14. The van der Waals surface area contributed by atoms with Crippen LogP contribution in [0, 0.1) is 11.3 Å². The standard InChI is InChI=1S/C10H17BrO/c1-9(7-12-2)10(8-11)5-3-4-6-10/h3-4,9H,5-8H2,1-2H3. The molecule has 0 aromatic heterocycles. The van der Waals surface area contributed by atoms with Crippen molar-refractivity contribution >= 4 is 15.9 Å². The minimum absolute atomic E-state index is 0.427. The van der Waals surface area contributed by atoms with E-state index in [0.717, 1.165) is 11.9 Å². The highest BCUT2D eigenvalue weighted by atomic mass is 79.9. The van der Waals surface area contributed by atoms with Crippen molar-refractivity contribution in [2.45, 2.75) is 19.8 Å². The van der Waals surface area contributed by atoms with Gasteiger partial charge in [-0.15, -0.1) is 0 Å². The molecule has 1 rings (SSSR count). The van der Waals surface area contributed by atoms with E-state index >= 15 is 0 Å². The monoisotopic (exact) mass is 232 g/mol. The van der Waals surface area contributed by atoms with Gasteiger partial charge in [0.25, 0.3) is 0 Å². The van der Waals surface area contributed by atoms with E-state index in [2.05, 4.69) is 35.0 Å².